The SMILES string of the molecule is C=C(C)C(=O)Oc1ccc(C=Cc2ccnc(-c3cc(C)ccn3)c2)cc1. The van der Waals surface area contributed by atoms with Crippen molar-refractivity contribution in [3.05, 3.63) is 89.8 Å². The quantitative estimate of drug-likeness (QED) is 0.362. The largest absolute Gasteiger partial charge is 0.423 e. The number of carbonyl (C=O) groups excluding carboxylic acids is 1. The first-order valence-electron chi connectivity index (χ1n) is 8.56. The van der Waals surface area contributed by atoms with Gasteiger partial charge >= 0.3 is 5.97 Å². The summed E-state index contributed by atoms with van der Waals surface area (Å²) < 4.78 is 5.19. The van der Waals surface area contributed by atoms with Crippen molar-refractivity contribution in [2.24, 2.45) is 0 Å². The maximum Gasteiger partial charge on any atom is 0.338 e. The second-order valence-corrected chi connectivity index (χ2v) is 6.27. The highest BCUT2D eigenvalue weighted by Gasteiger charge is 2.05. The summed E-state index contributed by atoms with van der Waals surface area (Å²) in [6.45, 7) is 7.22. The molecule has 0 fully saturated rings. The van der Waals surface area contributed by atoms with Gasteiger partial charge in [0.1, 0.15) is 5.75 Å². The Kier molecular flexibility index (Phi) is 5.57. The van der Waals surface area contributed by atoms with Gasteiger partial charge in [-0.05, 0) is 66.9 Å². The minimum Gasteiger partial charge on any atom is -0.423 e. The zero-order valence-electron chi connectivity index (χ0n) is 15.3. The van der Waals surface area contributed by atoms with E-state index in [9.17, 15) is 4.79 Å². The predicted octanol–water partition coefficient (Wildman–Crippen LogP) is 5.10. The minimum atomic E-state index is -0.424. The molecule has 2 heterocycles. The molecule has 134 valence electrons. The smallest absolute Gasteiger partial charge is 0.338 e. The highest BCUT2D eigenvalue weighted by atomic mass is 16.5. The van der Waals surface area contributed by atoms with Crippen LogP contribution in [-0.2, 0) is 4.79 Å². The first kappa shape index (κ1) is 18.3. The number of pyridine rings is 2. The molecule has 0 unspecified atom stereocenters. The zero-order chi connectivity index (χ0) is 19.2. The molecular formula is C23H20N2O2. The molecule has 0 atom stereocenters. The van der Waals surface area contributed by atoms with Gasteiger partial charge in [0.15, 0.2) is 0 Å². The van der Waals surface area contributed by atoms with Gasteiger partial charge in [0.25, 0.3) is 0 Å². The standard InChI is InChI=1S/C23H20N2O2/c1-16(2)23(26)27-20-8-6-18(7-9-20)4-5-19-11-13-25-22(15-19)21-14-17(3)10-12-24-21/h4-15H,1H2,2-3H3. The number of hydrogen-bond acceptors (Lipinski definition) is 4. The Morgan fingerprint density at radius 2 is 1.56 bits per heavy atom. The Morgan fingerprint density at radius 3 is 2.22 bits per heavy atom. The van der Waals surface area contributed by atoms with E-state index < -0.39 is 5.97 Å². The van der Waals surface area contributed by atoms with Gasteiger partial charge in [0, 0.05) is 18.0 Å². The average Bonchev–Trinajstić information content (AvgIpc) is 2.67. The lowest BCUT2D eigenvalue weighted by atomic mass is 10.1. The number of benzene rings is 1. The summed E-state index contributed by atoms with van der Waals surface area (Å²) in [5.74, 6) is 0.0734. The van der Waals surface area contributed by atoms with Gasteiger partial charge in [-0.25, -0.2) is 4.79 Å². The summed E-state index contributed by atoms with van der Waals surface area (Å²) in [5.41, 5.74) is 5.24. The first-order valence-corrected chi connectivity index (χ1v) is 8.56. The van der Waals surface area contributed by atoms with E-state index in [-0.39, 0.29) is 0 Å². The first-order chi connectivity index (χ1) is 13.0. The molecule has 0 saturated carbocycles. The fourth-order valence-corrected chi connectivity index (χ4v) is 2.40. The third-order valence-corrected chi connectivity index (χ3v) is 3.87. The lowest BCUT2D eigenvalue weighted by molar-refractivity contribution is -0.130. The van der Waals surface area contributed by atoms with Crippen LogP contribution in [0.25, 0.3) is 23.5 Å². The Bertz CT molecular complexity index is 1000. The third kappa shape index (κ3) is 4.98. The van der Waals surface area contributed by atoms with Gasteiger partial charge < -0.3 is 4.74 Å². The van der Waals surface area contributed by atoms with E-state index in [1.165, 1.54) is 0 Å². The molecule has 2 aromatic heterocycles. The van der Waals surface area contributed by atoms with E-state index in [1.807, 2.05) is 55.5 Å². The van der Waals surface area contributed by atoms with Crippen molar-refractivity contribution in [3.63, 3.8) is 0 Å². The van der Waals surface area contributed by atoms with Crippen molar-refractivity contribution in [3.8, 4) is 17.1 Å². The molecule has 0 aliphatic carbocycles. The Balaban J connectivity index is 1.73. The summed E-state index contributed by atoms with van der Waals surface area (Å²) in [4.78, 5) is 20.3. The van der Waals surface area contributed by atoms with Crippen LogP contribution in [-0.4, -0.2) is 15.9 Å². The Morgan fingerprint density at radius 1 is 0.926 bits per heavy atom. The third-order valence-electron chi connectivity index (χ3n) is 3.87. The van der Waals surface area contributed by atoms with Crippen molar-refractivity contribution >= 4 is 18.1 Å². The molecule has 3 rings (SSSR count). The topological polar surface area (TPSA) is 52.1 Å². The summed E-state index contributed by atoms with van der Waals surface area (Å²) in [6.07, 6.45) is 7.57. The molecule has 0 N–H and O–H groups in total. The van der Waals surface area contributed by atoms with Crippen LogP contribution in [0.15, 0.2) is 73.1 Å². The fraction of sp³-hybridized carbons (Fsp3) is 0.0870. The fourth-order valence-electron chi connectivity index (χ4n) is 2.40. The van der Waals surface area contributed by atoms with Crippen LogP contribution in [0.5, 0.6) is 5.75 Å². The molecule has 0 bridgehead atoms. The molecule has 3 aromatic rings. The summed E-state index contributed by atoms with van der Waals surface area (Å²) in [7, 11) is 0. The lowest BCUT2D eigenvalue weighted by Gasteiger charge is -2.04. The van der Waals surface area contributed by atoms with Crippen LogP contribution in [0.4, 0.5) is 0 Å². The van der Waals surface area contributed by atoms with Crippen molar-refractivity contribution < 1.29 is 9.53 Å². The number of ether oxygens (including phenoxy) is 1. The normalized spacial score (nSPS) is 10.7. The monoisotopic (exact) mass is 356 g/mol. The van der Waals surface area contributed by atoms with Gasteiger partial charge in [0.2, 0.25) is 0 Å². The molecule has 0 aliphatic rings. The second kappa shape index (κ2) is 8.23. The molecule has 0 spiro atoms. The number of aryl methyl sites for hydroxylation is 1. The molecule has 4 heteroatoms. The van der Waals surface area contributed by atoms with Gasteiger partial charge in [0.05, 0.1) is 11.4 Å². The van der Waals surface area contributed by atoms with Crippen LogP contribution < -0.4 is 4.74 Å². The summed E-state index contributed by atoms with van der Waals surface area (Å²) in [6, 6.07) is 15.2. The molecule has 27 heavy (non-hydrogen) atoms. The van der Waals surface area contributed by atoms with E-state index in [0.717, 1.165) is 28.1 Å². The lowest BCUT2D eigenvalue weighted by Crippen LogP contribution is -2.07. The van der Waals surface area contributed by atoms with E-state index in [4.69, 9.17) is 4.74 Å². The summed E-state index contributed by atoms with van der Waals surface area (Å²) in [5, 5.41) is 0. The van der Waals surface area contributed by atoms with Crippen LogP contribution in [0.2, 0.25) is 0 Å². The van der Waals surface area contributed by atoms with Gasteiger partial charge in [-0.15, -0.1) is 0 Å². The number of hydrogen-bond donors (Lipinski definition) is 0. The average molecular weight is 356 g/mol. The number of aromatic nitrogens is 2. The van der Waals surface area contributed by atoms with Crippen molar-refractivity contribution in [1.82, 2.24) is 9.97 Å². The number of nitrogens with zero attached hydrogens (tertiary/aromatic N) is 2. The molecule has 1 aromatic carbocycles. The minimum absolute atomic E-state index is 0.371. The van der Waals surface area contributed by atoms with Crippen molar-refractivity contribution in [2.75, 3.05) is 0 Å². The number of esters is 1. The molecule has 0 saturated heterocycles. The van der Waals surface area contributed by atoms with Gasteiger partial charge in [-0.1, -0.05) is 30.9 Å². The molecule has 0 aliphatic heterocycles. The van der Waals surface area contributed by atoms with E-state index >= 15 is 0 Å². The zero-order valence-corrected chi connectivity index (χ0v) is 15.3. The number of carbonyl (C=O) groups is 1. The van der Waals surface area contributed by atoms with Gasteiger partial charge in [-0.2, -0.15) is 0 Å². The molecule has 0 radical (unpaired) electrons. The van der Waals surface area contributed by atoms with Crippen LogP contribution in [0, 0.1) is 6.92 Å². The van der Waals surface area contributed by atoms with Crippen LogP contribution >= 0.6 is 0 Å². The van der Waals surface area contributed by atoms with Crippen LogP contribution in [0.3, 0.4) is 0 Å². The van der Waals surface area contributed by atoms with Crippen molar-refractivity contribution in [2.45, 2.75) is 13.8 Å². The highest BCUT2D eigenvalue weighted by molar-refractivity contribution is 5.88. The Labute approximate surface area is 158 Å². The van der Waals surface area contributed by atoms with Gasteiger partial charge in [-0.3, -0.25) is 9.97 Å². The molecule has 0 amide bonds. The number of rotatable bonds is 5. The molecular weight excluding hydrogens is 336 g/mol. The highest BCUT2D eigenvalue weighted by Crippen LogP contribution is 2.19. The van der Waals surface area contributed by atoms with Crippen LogP contribution in [0.1, 0.15) is 23.6 Å². The van der Waals surface area contributed by atoms with Crippen molar-refractivity contribution in [1.29, 1.82) is 0 Å². The molecule has 4 nitrogen and oxygen atoms in total. The predicted molar refractivity (Wildman–Crippen MR) is 108 cm³/mol. The Hall–Kier alpha value is -3.53. The maximum absolute atomic E-state index is 11.5. The van der Waals surface area contributed by atoms with E-state index in [0.29, 0.717) is 11.3 Å². The summed E-state index contributed by atoms with van der Waals surface area (Å²) >= 11 is 0. The second-order valence-electron chi connectivity index (χ2n) is 6.27. The van der Waals surface area contributed by atoms with E-state index in [1.54, 1.807) is 31.5 Å². The van der Waals surface area contributed by atoms with E-state index in [2.05, 4.69) is 16.5 Å². The maximum atomic E-state index is 11.5.